The average molecular weight is 315 g/mol. The van der Waals surface area contributed by atoms with E-state index in [0.29, 0.717) is 18.8 Å². The summed E-state index contributed by atoms with van der Waals surface area (Å²) in [7, 11) is 1.69. The van der Waals surface area contributed by atoms with Gasteiger partial charge in [0, 0.05) is 23.9 Å². The van der Waals surface area contributed by atoms with E-state index in [1.54, 1.807) is 18.4 Å². The lowest BCUT2D eigenvalue weighted by Gasteiger charge is -2.00. The molecule has 3 rings (SSSR count). The lowest BCUT2D eigenvalue weighted by molar-refractivity contribution is 0.0952. The van der Waals surface area contributed by atoms with E-state index in [-0.39, 0.29) is 5.91 Å². The number of benzene rings is 1. The second kappa shape index (κ2) is 6.29. The monoisotopic (exact) mass is 315 g/mol. The zero-order valence-electron chi connectivity index (χ0n) is 12.5. The predicted octanol–water partition coefficient (Wildman–Crippen LogP) is 3.19. The fourth-order valence-electron chi connectivity index (χ4n) is 2.37. The highest BCUT2D eigenvalue weighted by atomic mass is 32.1. The molecule has 0 unspecified atom stereocenters. The number of aromatic nitrogens is 2. The van der Waals surface area contributed by atoms with Gasteiger partial charge in [-0.2, -0.15) is 5.10 Å². The molecule has 2 N–H and O–H groups in total. The van der Waals surface area contributed by atoms with Gasteiger partial charge in [0.2, 0.25) is 0 Å². The van der Waals surface area contributed by atoms with Crippen LogP contribution in [0.4, 0.5) is 0 Å². The normalized spacial score (nSPS) is 11.0. The molecule has 6 heteroatoms. The van der Waals surface area contributed by atoms with E-state index in [4.69, 9.17) is 4.74 Å². The predicted molar refractivity (Wildman–Crippen MR) is 88.1 cm³/mol. The Balaban J connectivity index is 1.94. The van der Waals surface area contributed by atoms with Gasteiger partial charge in [0.05, 0.1) is 12.1 Å². The lowest BCUT2D eigenvalue weighted by atomic mass is 10.1. The summed E-state index contributed by atoms with van der Waals surface area (Å²) in [4.78, 5) is 13.1. The van der Waals surface area contributed by atoms with Gasteiger partial charge in [-0.1, -0.05) is 6.07 Å². The van der Waals surface area contributed by atoms with Crippen LogP contribution in [-0.2, 0) is 11.3 Å². The van der Waals surface area contributed by atoms with E-state index in [1.807, 2.05) is 25.1 Å². The molecule has 0 radical (unpaired) electrons. The number of rotatable bonds is 5. The molecule has 5 nitrogen and oxygen atoms in total. The van der Waals surface area contributed by atoms with E-state index in [9.17, 15) is 4.79 Å². The summed E-state index contributed by atoms with van der Waals surface area (Å²) in [5, 5.41) is 12.8. The molecule has 0 saturated carbocycles. The number of nitrogens with zero attached hydrogens (tertiary/aromatic N) is 1. The molecule has 0 spiro atoms. The number of methoxy groups -OCH3 is 1. The van der Waals surface area contributed by atoms with E-state index < -0.39 is 0 Å². The third-order valence-electron chi connectivity index (χ3n) is 3.39. The largest absolute Gasteiger partial charge is 0.379 e. The molecule has 2 aromatic heterocycles. The first-order valence-electron chi connectivity index (χ1n) is 7.06. The molecule has 0 bridgehead atoms. The summed E-state index contributed by atoms with van der Waals surface area (Å²) in [6.07, 6.45) is 0. The minimum absolute atomic E-state index is 0.153. The van der Waals surface area contributed by atoms with Crippen molar-refractivity contribution in [3.8, 4) is 11.1 Å². The van der Waals surface area contributed by atoms with Crippen molar-refractivity contribution in [2.24, 2.45) is 0 Å². The second-order valence-electron chi connectivity index (χ2n) is 4.93. The average Bonchev–Trinajstić information content (AvgIpc) is 3.13. The third kappa shape index (κ3) is 2.75. The summed E-state index contributed by atoms with van der Waals surface area (Å²) in [5.74, 6) is -0.153. The topological polar surface area (TPSA) is 67.0 Å². The molecule has 0 atom stereocenters. The van der Waals surface area contributed by atoms with Crippen LogP contribution in [0.5, 0.6) is 0 Å². The van der Waals surface area contributed by atoms with Gasteiger partial charge in [-0.15, -0.1) is 11.3 Å². The number of aromatic amines is 1. The van der Waals surface area contributed by atoms with Gasteiger partial charge < -0.3 is 10.1 Å². The molecule has 0 saturated heterocycles. The maximum Gasteiger partial charge on any atom is 0.272 e. The van der Waals surface area contributed by atoms with Crippen LogP contribution >= 0.6 is 11.3 Å². The van der Waals surface area contributed by atoms with E-state index >= 15 is 0 Å². The van der Waals surface area contributed by atoms with Gasteiger partial charge in [-0.3, -0.25) is 9.89 Å². The molecule has 3 aromatic rings. The summed E-state index contributed by atoms with van der Waals surface area (Å²) in [6, 6.07) is 8.09. The Hall–Kier alpha value is -2.18. The van der Waals surface area contributed by atoms with Gasteiger partial charge in [-0.05, 0) is 41.6 Å². The van der Waals surface area contributed by atoms with Gasteiger partial charge in [0.1, 0.15) is 0 Å². The number of hydrogen-bond acceptors (Lipinski definition) is 4. The van der Waals surface area contributed by atoms with E-state index in [0.717, 1.165) is 22.0 Å². The number of H-pyrrole nitrogens is 1. The van der Waals surface area contributed by atoms with Gasteiger partial charge in [0.15, 0.2) is 5.69 Å². The minimum atomic E-state index is -0.153. The third-order valence-corrected chi connectivity index (χ3v) is 4.30. The molecule has 0 aliphatic rings. The molecule has 0 aliphatic heterocycles. The molecule has 0 fully saturated rings. The Morgan fingerprint density at radius 3 is 3.00 bits per heavy atom. The van der Waals surface area contributed by atoms with Crippen LogP contribution in [0.2, 0.25) is 0 Å². The van der Waals surface area contributed by atoms with Crippen LogP contribution in [0.15, 0.2) is 29.6 Å². The van der Waals surface area contributed by atoms with Gasteiger partial charge in [0.25, 0.3) is 5.91 Å². The highest BCUT2D eigenvalue weighted by Gasteiger charge is 2.14. The van der Waals surface area contributed by atoms with Crippen LogP contribution < -0.4 is 5.32 Å². The number of thiophene rings is 1. The Bertz CT molecular complexity index is 807. The van der Waals surface area contributed by atoms with Crippen LogP contribution in [0.3, 0.4) is 0 Å². The molecular weight excluding hydrogens is 298 g/mol. The van der Waals surface area contributed by atoms with Crippen molar-refractivity contribution in [3.63, 3.8) is 0 Å². The Labute approximate surface area is 132 Å². The maximum absolute atomic E-state index is 11.9. The number of ether oxygens (including phenoxy) is 1. The fraction of sp³-hybridized carbons (Fsp3) is 0.250. The SMILES string of the molecule is CCNC(=O)c1n[nH]c2cc(-c3csc(COC)c3)ccc12. The van der Waals surface area contributed by atoms with Crippen molar-refractivity contribution >= 4 is 28.1 Å². The Morgan fingerprint density at radius 1 is 1.36 bits per heavy atom. The number of carbonyl (C=O) groups excluding carboxylic acids is 1. The summed E-state index contributed by atoms with van der Waals surface area (Å²) in [6.45, 7) is 3.10. The van der Waals surface area contributed by atoms with E-state index in [1.165, 1.54) is 4.88 Å². The highest BCUT2D eigenvalue weighted by molar-refractivity contribution is 7.10. The Kier molecular flexibility index (Phi) is 4.22. The number of amides is 1. The molecule has 1 aromatic carbocycles. The molecule has 22 heavy (non-hydrogen) atoms. The zero-order chi connectivity index (χ0) is 15.5. The van der Waals surface area contributed by atoms with Crippen molar-refractivity contribution in [3.05, 3.63) is 40.2 Å². The summed E-state index contributed by atoms with van der Waals surface area (Å²) < 4.78 is 5.15. The molecule has 114 valence electrons. The van der Waals surface area contributed by atoms with E-state index in [2.05, 4.69) is 27.0 Å². The van der Waals surface area contributed by atoms with Crippen molar-refractivity contribution in [1.82, 2.24) is 15.5 Å². The zero-order valence-corrected chi connectivity index (χ0v) is 13.3. The quantitative estimate of drug-likeness (QED) is 0.760. The van der Waals surface area contributed by atoms with Crippen molar-refractivity contribution in [2.45, 2.75) is 13.5 Å². The lowest BCUT2D eigenvalue weighted by Crippen LogP contribution is -2.23. The second-order valence-corrected chi connectivity index (χ2v) is 5.92. The number of nitrogens with one attached hydrogen (secondary N) is 2. The summed E-state index contributed by atoms with van der Waals surface area (Å²) >= 11 is 1.68. The standard InChI is InChI=1S/C16H17N3O2S/c1-3-17-16(20)15-13-5-4-10(7-14(13)18-19-15)11-6-12(8-21-2)22-9-11/h4-7,9H,3,8H2,1-2H3,(H,17,20)(H,18,19). The van der Waals surface area contributed by atoms with Crippen molar-refractivity contribution < 1.29 is 9.53 Å². The first kappa shape index (κ1) is 14.7. The highest BCUT2D eigenvalue weighted by Crippen LogP contribution is 2.29. The minimum Gasteiger partial charge on any atom is -0.379 e. The van der Waals surface area contributed by atoms with Crippen molar-refractivity contribution in [2.75, 3.05) is 13.7 Å². The maximum atomic E-state index is 11.9. The summed E-state index contributed by atoms with van der Waals surface area (Å²) in [5.41, 5.74) is 3.54. The molecule has 0 aliphatic carbocycles. The number of fused-ring (bicyclic) bond motifs is 1. The van der Waals surface area contributed by atoms with Gasteiger partial charge >= 0.3 is 0 Å². The molecule has 2 heterocycles. The van der Waals surface area contributed by atoms with Crippen LogP contribution in [0.25, 0.3) is 22.0 Å². The van der Waals surface area contributed by atoms with Crippen molar-refractivity contribution in [1.29, 1.82) is 0 Å². The first-order valence-corrected chi connectivity index (χ1v) is 7.94. The van der Waals surface area contributed by atoms with Gasteiger partial charge in [-0.25, -0.2) is 0 Å². The number of carbonyl (C=O) groups is 1. The molecular formula is C16H17N3O2S. The number of hydrogen-bond donors (Lipinski definition) is 2. The van der Waals surface area contributed by atoms with Crippen LogP contribution in [-0.4, -0.2) is 29.8 Å². The first-order chi connectivity index (χ1) is 10.7. The smallest absolute Gasteiger partial charge is 0.272 e. The van der Waals surface area contributed by atoms with Crippen LogP contribution in [0.1, 0.15) is 22.3 Å². The molecule has 1 amide bonds. The van der Waals surface area contributed by atoms with Crippen LogP contribution in [0, 0.1) is 0 Å². The Morgan fingerprint density at radius 2 is 2.23 bits per heavy atom. The fourth-order valence-corrected chi connectivity index (χ4v) is 3.23.